The lowest BCUT2D eigenvalue weighted by Gasteiger charge is -2.14. The van der Waals surface area contributed by atoms with Gasteiger partial charge in [0.05, 0.1) is 24.6 Å². The number of rotatable bonds is 5. The molecule has 0 spiro atoms. The van der Waals surface area contributed by atoms with Crippen molar-refractivity contribution in [3.8, 4) is 5.75 Å². The Morgan fingerprint density at radius 2 is 1.67 bits per heavy atom. The number of hydrogen-bond donors (Lipinski definition) is 0. The standard InChI is InChI=1S/C19H20N2O3/c1-3-12-20-18(22)16-6-4-5-7-17(16)21(19(20)23)13-14-8-10-15(24-2)11-9-14/h4-11H,3,12-13H2,1-2H3. The van der Waals surface area contributed by atoms with E-state index in [1.807, 2.05) is 49.4 Å². The van der Waals surface area contributed by atoms with E-state index < -0.39 is 0 Å². The van der Waals surface area contributed by atoms with E-state index in [2.05, 4.69) is 0 Å². The third kappa shape index (κ3) is 2.85. The Balaban J connectivity index is 2.18. The fourth-order valence-electron chi connectivity index (χ4n) is 2.86. The van der Waals surface area contributed by atoms with Gasteiger partial charge in [0.25, 0.3) is 5.56 Å². The van der Waals surface area contributed by atoms with Gasteiger partial charge in [-0.1, -0.05) is 31.2 Å². The maximum absolute atomic E-state index is 12.8. The molecule has 1 heterocycles. The minimum Gasteiger partial charge on any atom is -0.497 e. The van der Waals surface area contributed by atoms with Gasteiger partial charge in [0.15, 0.2) is 0 Å². The Hall–Kier alpha value is -2.82. The van der Waals surface area contributed by atoms with Crippen LogP contribution in [0.5, 0.6) is 5.75 Å². The maximum atomic E-state index is 12.8. The monoisotopic (exact) mass is 324 g/mol. The van der Waals surface area contributed by atoms with Gasteiger partial charge in [0, 0.05) is 6.54 Å². The molecule has 0 bridgehead atoms. The summed E-state index contributed by atoms with van der Waals surface area (Å²) in [6, 6.07) is 14.8. The summed E-state index contributed by atoms with van der Waals surface area (Å²) in [6.07, 6.45) is 0.732. The van der Waals surface area contributed by atoms with Gasteiger partial charge in [-0.2, -0.15) is 0 Å². The summed E-state index contributed by atoms with van der Waals surface area (Å²) in [4.78, 5) is 25.4. The van der Waals surface area contributed by atoms with Crippen LogP contribution in [0.3, 0.4) is 0 Å². The average Bonchev–Trinajstić information content (AvgIpc) is 2.63. The molecule has 0 saturated carbocycles. The zero-order chi connectivity index (χ0) is 17.1. The van der Waals surface area contributed by atoms with Gasteiger partial charge in [-0.3, -0.25) is 13.9 Å². The van der Waals surface area contributed by atoms with Crippen molar-refractivity contribution in [3.63, 3.8) is 0 Å². The first-order valence-corrected chi connectivity index (χ1v) is 8.01. The summed E-state index contributed by atoms with van der Waals surface area (Å²) >= 11 is 0. The lowest BCUT2D eigenvalue weighted by molar-refractivity contribution is 0.414. The number of fused-ring (bicyclic) bond motifs is 1. The van der Waals surface area contributed by atoms with E-state index in [-0.39, 0.29) is 11.2 Å². The van der Waals surface area contributed by atoms with E-state index >= 15 is 0 Å². The SMILES string of the molecule is CCCn1c(=O)c2ccccc2n(Cc2ccc(OC)cc2)c1=O. The van der Waals surface area contributed by atoms with Crippen LogP contribution in [0, 0.1) is 0 Å². The van der Waals surface area contributed by atoms with Gasteiger partial charge in [-0.25, -0.2) is 4.79 Å². The molecule has 24 heavy (non-hydrogen) atoms. The largest absolute Gasteiger partial charge is 0.497 e. The molecular weight excluding hydrogens is 304 g/mol. The zero-order valence-corrected chi connectivity index (χ0v) is 13.9. The number of hydrogen-bond acceptors (Lipinski definition) is 3. The summed E-state index contributed by atoms with van der Waals surface area (Å²) in [6.45, 7) is 2.79. The smallest absolute Gasteiger partial charge is 0.331 e. The molecule has 0 aliphatic carbocycles. The quantitative estimate of drug-likeness (QED) is 0.725. The van der Waals surface area contributed by atoms with Crippen molar-refractivity contribution in [2.24, 2.45) is 0 Å². The van der Waals surface area contributed by atoms with Gasteiger partial charge >= 0.3 is 5.69 Å². The van der Waals surface area contributed by atoms with Gasteiger partial charge in [-0.05, 0) is 36.2 Å². The highest BCUT2D eigenvalue weighted by Crippen LogP contribution is 2.14. The minimum atomic E-state index is -0.267. The third-order valence-corrected chi connectivity index (χ3v) is 4.08. The first-order chi connectivity index (χ1) is 11.7. The average molecular weight is 324 g/mol. The molecule has 0 atom stereocenters. The fourth-order valence-corrected chi connectivity index (χ4v) is 2.86. The zero-order valence-electron chi connectivity index (χ0n) is 13.9. The molecule has 124 valence electrons. The van der Waals surface area contributed by atoms with Crippen LogP contribution in [-0.2, 0) is 13.1 Å². The van der Waals surface area contributed by atoms with Gasteiger partial charge < -0.3 is 4.74 Å². The summed E-state index contributed by atoms with van der Waals surface area (Å²) in [7, 11) is 1.62. The van der Waals surface area contributed by atoms with Crippen LogP contribution in [0.2, 0.25) is 0 Å². The Bertz CT molecular complexity index is 969. The molecule has 0 aliphatic heterocycles. The summed E-state index contributed by atoms with van der Waals surface area (Å²) in [5.74, 6) is 0.770. The van der Waals surface area contributed by atoms with Crippen LogP contribution in [-0.4, -0.2) is 16.2 Å². The molecule has 2 aromatic carbocycles. The van der Waals surface area contributed by atoms with Crippen LogP contribution >= 0.6 is 0 Å². The normalized spacial score (nSPS) is 10.9. The molecule has 3 aromatic rings. The Labute approximate surface area is 139 Å². The van der Waals surface area contributed by atoms with E-state index in [0.717, 1.165) is 17.7 Å². The van der Waals surface area contributed by atoms with Gasteiger partial charge in [-0.15, -0.1) is 0 Å². The predicted molar refractivity (Wildman–Crippen MR) is 94.9 cm³/mol. The lowest BCUT2D eigenvalue weighted by atomic mass is 10.2. The third-order valence-electron chi connectivity index (χ3n) is 4.08. The Kier molecular flexibility index (Phi) is 4.51. The number of aromatic nitrogens is 2. The second kappa shape index (κ2) is 6.74. The van der Waals surface area contributed by atoms with Crippen molar-refractivity contribution >= 4 is 10.9 Å². The number of methoxy groups -OCH3 is 1. The molecule has 0 N–H and O–H groups in total. The second-order valence-electron chi connectivity index (χ2n) is 5.69. The molecular formula is C19H20N2O3. The first-order valence-electron chi connectivity index (χ1n) is 8.01. The topological polar surface area (TPSA) is 53.2 Å². The summed E-state index contributed by atoms with van der Waals surface area (Å²) in [5.41, 5.74) is 1.15. The molecule has 0 fully saturated rings. The van der Waals surface area contributed by atoms with Crippen molar-refractivity contribution in [1.29, 1.82) is 0 Å². The summed E-state index contributed by atoms with van der Waals surface area (Å²) in [5, 5.41) is 0.569. The van der Waals surface area contributed by atoms with Gasteiger partial charge in [0.1, 0.15) is 5.75 Å². The van der Waals surface area contributed by atoms with Crippen molar-refractivity contribution in [1.82, 2.24) is 9.13 Å². The molecule has 0 aliphatic rings. The molecule has 0 unspecified atom stereocenters. The van der Waals surface area contributed by atoms with Crippen molar-refractivity contribution in [2.45, 2.75) is 26.4 Å². The second-order valence-corrected chi connectivity index (χ2v) is 5.69. The van der Waals surface area contributed by atoms with Crippen LogP contribution in [0.15, 0.2) is 58.1 Å². The highest BCUT2D eigenvalue weighted by Gasteiger charge is 2.12. The minimum absolute atomic E-state index is 0.219. The Morgan fingerprint density at radius 1 is 0.958 bits per heavy atom. The van der Waals surface area contributed by atoms with Crippen LogP contribution < -0.4 is 16.0 Å². The Morgan fingerprint density at radius 3 is 2.33 bits per heavy atom. The first kappa shape index (κ1) is 16.1. The van der Waals surface area contributed by atoms with Crippen LogP contribution in [0.25, 0.3) is 10.9 Å². The van der Waals surface area contributed by atoms with Crippen molar-refractivity contribution in [2.75, 3.05) is 7.11 Å². The van der Waals surface area contributed by atoms with E-state index in [1.54, 1.807) is 17.7 Å². The van der Waals surface area contributed by atoms with Crippen LogP contribution in [0.4, 0.5) is 0 Å². The maximum Gasteiger partial charge on any atom is 0.331 e. The molecule has 0 radical (unpaired) electrons. The molecule has 5 heteroatoms. The number of ether oxygens (including phenoxy) is 1. The van der Waals surface area contributed by atoms with Crippen LogP contribution in [0.1, 0.15) is 18.9 Å². The van der Waals surface area contributed by atoms with E-state index in [0.29, 0.717) is 24.0 Å². The van der Waals surface area contributed by atoms with E-state index in [9.17, 15) is 9.59 Å². The molecule has 5 nitrogen and oxygen atoms in total. The number of nitrogens with zero attached hydrogens (tertiary/aromatic N) is 2. The summed E-state index contributed by atoms with van der Waals surface area (Å²) < 4.78 is 8.15. The molecule has 3 rings (SSSR count). The predicted octanol–water partition coefficient (Wildman–Crippen LogP) is 2.63. The van der Waals surface area contributed by atoms with E-state index in [1.165, 1.54) is 4.57 Å². The van der Waals surface area contributed by atoms with Crippen molar-refractivity contribution in [3.05, 3.63) is 74.9 Å². The molecule has 0 amide bonds. The highest BCUT2D eigenvalue weighted by atomic mass is 16.5. The number of benzene rings is 2. The van der Waals surface area contributed by atoms with Gasteiger partial charge in [0.2, 0.25) is 0 Å². The van der Waals surface area contributed by atoms with Crippen molar-refractivity contribution < 1.29 is 4.74 Å². The number of para-hydroxylation sites is 1. The fraction of sp³-hybridized carbons (Fsp3) is 0.263. The molecule has 1 aromatic heterocycles. The lowest BCUT2D eigenvalue weighted by Crippen LogP contribution is -2.40. The molecule has 0 saturated heterocycles. The van der Waals surface area contributed by atoms with E-state index in [4.69, 9.17) is 4.74 Å². The highest BCUT2D eigenvalue weighted by molar-refractivity contribution is 5.77.